The predicted molar refractivity (Wildman–Crippen MR) is 103 cm³/mol. The Hall–Kier alpha value is -3.09. The lowest BCUT2D eigenvalue weighted by Gasteiger charge is -2.19. The van der Waals surface area contributed by atoms with E-state index in [2.05, 4.69) is 0 Å². The Morgan fingerprint density at radius 1 is 1.18 bits per heavy atom. The number of likely N-dealkylation sites (N-methyl/N-ethyl adjacent to an activating group) is 1. The Morgan fingerprint density at radius 3 is 2.75 bits per heavy atom. The largest absolute Gasteiger partial charge is 0.489 e. The van der Waals surface area contributed by atoms with Crippen LogP contribution in [0.1, 0.15) is 12.8 Å². The van der Waals surface area contributed by atoms with Crippen LogP contribution in [0.4, 0.5) is 10.1 Å². The average Bonchev–Trinajstić information content (AvgIpc) is 3.13. The van der Waals surface area contributed by atoms with Gasteiger partial charge < -0.3 is 19.3 Å². The molecule has 7 heteroatoms. The van der Waals surface area contributed by atoms with Gasteiger partial charge in [-0.05, 0) is 30.7 Å². The number of halogens is 1. The maximum atomic E-state index is 13.5. The van der Waals surface area contributed by atoms with Crippen LogP contribution in [0.15, 0.2) is 48.5 Å². The summed E-state index contributed by atoms with van der Waals surface area (Å²) in [5.74, 6) is 0.133. The fraction of sp³-hybridized carbons (Fsp3) is 0.333. The van der Waals surface area contributed by atoms with Crippen molar-refractivity contribution in [3.05, 3.63) is 54.3 Å². The first-order chi connectivity index (χ1) is 13.5. The molecule has 0 radical (unpaired) electrons. The van der Waals surface area contributed by atoms with Crippen molar-refractivity contribution in [2.24, 2.45) is 0 Å². The molecular weight excluding hydrogens is 363 g/mol. The fourth-order valence-electron chi connectivity index (χ4n) is 2.90. The lowest BCUT2D eigenvalue weighted by Crippen LogP contribution is -2.34. The average molecular weight is 386 g/mol. The number of benzene rings is 2. The summed E-state index contributed by atoms with van der Waals surface area (Å²) in [7, 11) is 1.63. The Bertz CT molecular complexity index is 843. The number of para-hydroxylation sites is 1. The van der Waals surface area contributed by atoms with Gasteiger partial charge in [0.15, 0.2) is 18.2 Å². The van der Waals surface area contributed by atoms with E-state index in [1.54, 1.807) is 48.3 Å². The third kappa shape index (κ3) is 5.00. The maximum Gasteiger partial charge on any atom is 0.260 e. The van der Waals surface area contributed by atoms with Crippen LogP contribution in [0.3, 0.4) is 0 Å². The molecule has 2 amide bonds. The van der Waals surface area contributed by atoms with Gasteiger partial charge in [-0.2, -0.15) is 0 Å². The van der Waals surface area contributed by atoms with Crippen LogP contribution in [-0.4, -0.2) is 50.1 Å². The Morgan fingerprint density at radius 2 is 2.00 bits per heavy atom. The van der Waals surface area contributed by atoms with E-state index in [0.29, 0.717) is 25.3 Å². The van der Waals surface area contributed by atoms with Crippen molar-refractivity contribution < 1.29 is 23.5 Å². The third-order valence-corrected chi connectivity index (χ3v) is 4.51. The highest BCUT2D eigenvalue weighted by atomic mass is 19.1. The fourth-order valence-corrected chi connectivity index (χ4v) is 2.90. The SMILES string of the molecule is CN(CCOc1ccccc1F)C(=O)COc1cccc(N2CCCC2=O)c1. The first-order valence-electron chi connectivity index (χ1n) is 9.19. The summed E-state index contributed by atoms with van der Waals surface area (Å²) < 4.78 is 24.4. The van der Waals surface area contributed by atoms with Gasteiger partial charge in [0.2, 0.25) is 5.91 Å². The second-order valence-electron chi connectivity index (χ2n) is 6.53. The molecular formula is C21H23FN2O4. The highest BCUT2D eigenvalue weighted by molar-refractivity contribution is 5.95. The van der Waals surface area contributed by atoms with Crippen molar-refractivity contribution in [1.82, 2.24) is 4.90 Å². The molecule has 0 N–H and O–H groups in total. The Kier molecular flexibility index (Phi) is 6.47. The summed E-state index contributed by atoms with van der Waals surface area (Å²) >= 11 is 0. The second kappa shape index (κ2) is 9.21. The van der Waals surface area contributed by atoms with Crippen molar-refractivity contribution in [2.45, 2.75) is 12.8 Å². The van der Waals surface area contributed by atoms with Gasteiger partial charge in [0.05, 0.1) is 6.54 Å². The quantitative estimate of drug-likeness (QED) is 0.700. The van der Waals surface area contributed by atoms with Gasteiger partial charge in [-0.25, -0.2) is 4.39 Å². The number of carbonyl (C=O) groups is 2. The van der Waals surface area contributed by atoms with Crippen LogP contribution in [-0.2, 0) is 9.59 Å². The molecule has 0 unspecified atom stereocenters. The van der Waals surface area contributed by atoms with Crippen LogP contribution in [0.25, 0.3) is 0 Å². The van der Waals surface area contributed by atoms with Crippen molar-refractivity contribution in [3.8, 4) is 11.5 Å². The summed E-state index contributed by atoms with van der Waals surface area (Å²) in [5, 5.41) is 0. The Balaban J connectivity index is 1.45. The highest BCUT2D eigenvalue weighted by Crippen LogP contribution is 2.25. The van der Waals surface area contributed by atoms with E-state index in [1.807, 2.05) is 6.07 Å². The minimum absolute atomic E-state index is 0.0998. The zero-order chi connectivity index (χ0) is 19.9. The van der Waals surface area contributed by atoms with Gasteiger partial charge in [-0.1, -0.05) is 18.2 Å². The van der Waals surface area contributed by atoms with Gasteiger partial charge in [-0.15, -0.1) is 0 Å². The number of amides is 2. The van der Waals surface area contributed by atoms with Crippen molar-refractivity contribution >= 4 is 17.5 Å². The number of anilines is 1. The smallest absolute Gasteiger partial charge is 0.260 e. The van der Waals surface area contributed by atoms with Crippen molar-refractivity contribution in [2.75, 3.05) is 38.3 Å². The predicted octanol–water partition coefficient (Wildman–Crippen LogP) is 2.87. The molecule has 1 saturated heterocycles. The van der Waals surface area contributed by atoms with Gasteiger partial charge in [-0.3, -0.25) is 9.59 Å². The molecule has 2 aromatic carbocycles. The number of nitrogens with zero attached hydrogens (tertiary/aromatic N) is 2. The van der Waals surface area contributed by atoms with E-state index >= 15 is 0 Å². The number of carbonyl (C=O) groups excluding carboxylic acids is 2. The highest BCUT2D eigenvalue weighted by Gasteiger charge is 2.22. The standard InChI is InChI=1S/C21H23FN2O4/c1-23(12-13-27-19-9-3-2-8-18(19)22)21(26)15-28-17-7-4-6-16(14-17)24-11-5-10-20(24)25/h2-4,6-9,14H,5,10-13,15H2,1H3. The van der Waals surface area contributed by atoms with E-state index in [-0.39, 0.29) is 30.8 Å². The number of ether oxygens (including phenoxy) is 2. The molecule has 3 rings (SSSR count). The van der Waals surface area contributed by atoms with Gasteiger partial charge in [0.1, 0.15) is 12.4 Å². The van der Waals surface area contributed by atoms with Crippen molar-refractivity contribution in [1.29, 1.82) is 0 Å². The second-order valence-corrected chi connectivity index (χ2v) is 6.53. The molecule has 0 spiro atoms. The lowest BCUT2D eigenvalue weighted by molar-refractivity contribution is -0.132. The molecule has 0 saturated carbocycles. The minimum atomic E-state index is -0.434. The normalized spacial score (nSPS) is 13.5. The molecule has 2 aromatic rings. The number of rotatable bonds is 8. The van der Waals surface area contributed by atoms with Crippen LogP contribution < -0.4 is 14.4 Å². The van der Waals surface area contributed by atoms with Gasteiger partial charge in [0.25, 0.3) is 5.91 Å². The third-order valence-electron chi connectivity index (χ3n) is 4.51. The van der Waals surface area contributed by atoms with E-state index in [1.165, 1.54) is 11.0 Å². The number of hydrogen-bond acceptors (Lipinski definition) is 4. The zero-order valence-electron chi connectivity index (χ0n) is 15.8. The molecule has 1 fully saturated rings. The molecule has 0 aliphatic carbocycles. The van der Waals surface area contributed by atoms with E-state index in [9.17, 15) is 14.0 Å². The summed E-state index contributed by atoms with van der Waals surface area (Å²) in [4.78, 5) is 27.3. The monoisotopic (exact) mass is 386 g/mol. The van der Waals surface area contributed by atoms with E-state index in [0.717, 1.165) is 12.1 Å². The number of hydrogen-bond donors (Lipinski definition) is 0. The zero-order valence-corrected chi connectivity index (χ0v) is 15.8. The minimum Gasteiger partial charge on any atom is -0.489 e. The van der Waals surface area contributed by atoms with Crippen LogP contribution in [0, 0.1) is 5.82 Å². The Labute approximate surface area is 163 Å². The molecule has 0 bridgehead atoms. The van der Waals surface area contributed by atoms with E-state index in [4.69, 9.17) is 9.47 Å². The summed E-state index contributed by atoms with van der Waals surface area (Å²) in [5.41, 5.74) is 0.777. The molecule has 1 aliphatic heterocycles. The lowest BCUT2D eigenvalue weighted by atomic mass is 10.3. The molecule has 1 heterocycles. The molecule has 148 valence electrons. The summed E-state index contributed by atoms with van der Waals surface area (Å²) in [6, 6.07) is 13.3. The first kappa shape index (κ1) is 19.7. The molecule has 1 aliphatic rings. The summed E-state index contributed by atoms with van der Waals surface area (Å²) in [6.07, 6.45) is 1.41. The first-order valence-corrected chi connectivity index (χ1v) is 9.19. The molecule has 0 atom stereocenters. The van der Waals surface area contributed by atoms with Gasteiger partial charge >= 0.3 is 0 Å². The van der Waals surface area contributed by atoms with Gasteiger partial charge in [0, 0.05) is 31.8 Å². The topological polar surface area (TPSA) is 59.1 Å². The molecule has 0 aromatic heterocycles. The van der Waals surface area contributed by atoms with Crippen LogP contribution in [0.2, 0.25) is 0 Å². The molecule has 6 nitrogen and oxygen atoms in total. The van der Waals surface area contributed by atoms with Crippen molar-refractivity contribution in [3.63, 3.8) is 0 Å². The maximum absolute atomic E-state index is 13.5. The van der Waals surface area contributed by atoms with Crippen LogP contribution >= 0.6 is 0 Å². The van der Waals surface area contributed by atoms with E-state index < -0.39 is 5.82 Å². The van der Waals surface area contributed by atoms with Crippen LogP contribution in [0.5, 0.6) is 11.5 Å². The summed E-state index contributed by atoms with van der Waals surface area (Å²) in [6.45, 7) is 1.05. The molecule has 28 heavy (non-hydrogen) atoms.